The van der Waals surface area contributed by atoms with Gasteiger partial charge in [-0.3, -0.25) is 9.48 Å². The van der Waals surface area contributed by atoms with Gasteiger partial charge < -0.3 is 5.32 Å². The monoisotopic (exact) mass is 422 g/mol. The zero-order valence-corrected chi connectivity index (χ0v) is 17.6. The van der Waals surface area contributed by atoms with Crippen molar-refractivity contribution >= 4 is 11.6 Å². The van der Waals surface area contributed by atoms with Gasteiger partial charge in [-0.15, -0.1) is 0 Å². The second kappa shape index (κ2) is 8.47. The van der Waals surface area contributed by atoms with Gasteiger partial charge in [0.2, 0.25) is 0 Å². The van der Waals surface area contributed by atoms with Crippen LogP contribution >= 0.6 is 0 Å². The second-order valence-electron chi connectivity index (χ2n) is 7.58. The minimum absolute atomic E-state index is 0.203. The van der Waals surface area contributed by atoms with Crippen molar-refractivity contribution in [3.8, 4) is 11.3 Å². The molecule has 3 aromatic heterocycles. The molecule has 0 fully saturated rings. The van der Waals surface area contributed by atoms with Crippen molar-refractivity contribution in [2.45, 2.75) is 20.0 Å². The van der Waals surface area contributed by atoms with Crippen LogP contribution in [-0.4, -0.2) is 30.3 Å². The van der Waals surface area contributed by atoms with Gasteiger partial charge in [0.1, 0.15) is 5.56 Å². The molecule has 7 heteroatoms. The van der Waals surface area contributed by atoms with E-state index in [1.165, 1.54) is 5.56 Å². The molecule has 1 N–H and O–H groups in total. The zero-order valence-electron chi connectivity index (χ0n) is 17.6. The molecule has 0 saturated heterocycles. The molecule has 0 aliphatic carbocycles. The summed E-state index contributed by atoms with van der Waals surface area (Å²) < 4.78 is 3.54. The van der Waals surface area contributed by atoms with Gasteiger partial charge in [0.15, 0.2) is 5.65 Å². The largest absolute Gasteiger partial charge is 0.348 e. The summed E-state index contributed by atoms with van der Waals surface area (Å²) in [7, 11) is 0. The predicted molar refractivity (Wildman–Crippen MR) is 122 cm³/mol. The number of fused-ring (bicyclic) bond motifs is 1. The fourth-order valence-corrected chi connectivity index (χ4v) is 3.81. The lowest BCUT2D eigenvalue weighted by molar-refractivity contribution is 0.0952. The molecule has 3 heterocycles. The highest BCUT2D eigenvalue weighted by molar-refractivity contribution is 6.01. The van der Waals surface area contributed by atoms with Crippen LogP contribution in [-0.2, 0) is 13.1 Å². The Morgan fingerprint density at radius 3 is 2.50 bits per heavy atom. The molecule has 0 bridgehead atoms. The first kappa shape index (κ1) is 19.7. The molecule has 5 rings (SSSR count). The standard InChI is InChI=1S/C25H22N6O/c1-18-22(24-26-13-8-14-31(24)28-18)25(32)27-15-21-17-30(16-19-9-4-2-5-10-19)29-23(21)20-11-6-3-7-12-20/h2-14,17H,15-16H2,1H3,(H,27,32). The van der Waals surface area contributed by atoms with Crippen molar-refractivity contribution in [1.82, 2.24) is 29.7 Å². The van der Waals surface area contributed by atoms with E-state index in [2.05, 4.69) is 27.5 Å². The van der Waals surface area contributed by atoms with Crippen molar-refractivity contribution in [3.05, 3.63) is 108 Å². The Kier molecular flexibility index (Phi) is 5.21. The maximum absolute atomic E-state index is 13.0. The Balaban J connectivity index is 1.43. The normalized spacial score (nSPS) is 11.0. The van der Waals surface area contributed by atoms with E-state index in [1.54, 1.807) is 23.0 Å². The number of nitrogens with zero attached hydrogens (tertiary/aromatic N) is 5. The van der Waals surface area contributed by atoms with Crippen LogP contribution in [0.1, 0.15) is 27.2 Å². The predicted octanol–water partition coefficient (Wildman–Crippen LogP) is 3.88. The molecular formula is C25H22N6O. The highest BCUT2D eigenvalue weighted by atomic mass is 16.1. The van der Waals surface area contributed by atoms with Crippen LogP contribution < -0.4 is 5.32 Å². The number of carbonyl (C=O) groups excluding carboxylic acids is 1. The number of hydrogen-bond acceptors (Lipinski definition) is 4. The topological polar surface area (TPSA) is 77.1 Å². The van der Waals surface area contributed by atoms with Gasteiger partial charge >= 0.3 is 0 Å². The zero-order chi connectivity index (χ0) is 21.9. The summed E-state index contributed by atoms with van der Waals surface area (Å²) in [6, 6.07) is 22.0. The van der Waals surface area contributed by atoms with E-state index in [1.807, 2.05) is 66.3 Å². The van der Waals surface area contributed by atoms with Gasteiger partial charge in [-0.05, 0) is 18.6 Å². The van der Waals surface area contributed by atoms with E-state index in [9.17, 15) is 4.79 Å². The van der Waals surface area contributed by atoms with Crippen LogP contribution in [0.25, 0.3) is 16.9 Å². The van der Waals surface area contributed by atoms with Crippen LogP contribution in [0.4, 0.5) is 0 Å². The van der Waals surface area contributed by atoms with Crippen molar-refractivity contribution in [1.29, 1.82) is 0 Å². The van der Waals surface area contributed by atoms with E-state index in [0.29, 0.717) is 30.0 Å². The van der Waals surface area contributed by atoms with Crippen molar-refractivity contribution in [2.24, 2.45) is 0 Å². The van der Waals surface area contributed by atoms with E-state index in [4.69, 9.17) is 5.10 Å². The first-order valence-electron chi connectivity index (χ1n) is 10.4. The van der Waals surface area contributed by atoms with E-state index < -0.39 is 0 Å². The van der Waals surface area contributed by atoms with Crippen LogP contribution in [0.5, 0.6) is 0 Å². The third kappa shape index (κ3) is 3.88. The van der Waals surface area contributed by atoms with Crippen LogP contribution in [0, 0.1) is 6.92 Å². The average molecular weight is 422 g/mol. The molecule has 0 aliphatic rings. The maximum atomic E-state index is 13.0. The first-order chi connectivity index (χ1) is 15.7. The molecule has 0 spiro atoms. The molecule has 0 radical (unpaired) electrons. The molecule has 0 aliphatic heterocycles. The molecule has 0 atom stereocenters. The van der Waals surface area contributed by atoms with Gasteiger partial charge in [0.05, 0.1) is 17.9 Å². The molecule has 158 valence electrons. The highest BCUT2D eigenvalue weighted by Crippen LogP contribution is 2.23. The fourth-order valence-electron chi connectivity index (χ4n) is 3.81. The number of aromatic nitrogens is 5. The molecule has 7 nitrogen and oxygen atoms in total. The molecule has 5 aromatic rings. The summed E-state index contributed by atoms with van der Waals surface area (Å²) in [5.74, 6) is -0.203. The minimum Gasteiger partial charge on any atom is -0.348 e. The van der Waals surface area contributed by atoms with Crippen LogP contribution in [0.3, 0.4) is 0 Å². The van der Waals surface area contributed by atoms with Gasteiger partial charge in [0, 0.05) is 36.3 Å². The van der Waals surface area contributed by atoms with Gasteiger partial charge in [0.25, 0.3) is 5.91 Å². The Bertz CT molecular complexity index is 1370. The Hall–Kier alpha value is -4.26. The second-order valence-corrected chi connectivity index (χ2v) is 7.58. The third-order valence-corrected chi connectivity index (χ3v) is 5.31. The minimum atomic E-state index is -0.203. The summed E-state index contributed by atoms with van der Waals surface area (Å²) in [4.78, 5) is 17.3. The van der Waals surface area contributed by atoms with Gasteiger partial charge in [-0.2, -0.15) is 10.2 Å². The number of benzene rings is 2. The summed E-state index contributed by atoms with van der Waals surface area (Å²) in [6.07, 6.45) is 5.44. The number of hydrogen-bond donors (Lipinski definition) is 1. The lowest BCUT2D eigenvalue weighted by atomic mass is 10.1. The number of rotatable bonds is 6. The van der Waals surface area contributed by atoms with Gasteiger partial charge in [-0.25, -0.2) is 9.50 Å². The molecule has 0 unspecified atom stereocenters. The number of carbonyl (C=O) groups is 1. The Labute approximate surface area is 185 Å². The molecular weight excluding hydrogens is 400 g/mol. The lowest BCUT2D eigenvalue weighted by Gasteiger charge is -2.05. The van der Waals surface area contributed by atoms with Crippen molar-refractivity contribution in [2.75, 3.05) is 0 Å². The van der Waals surface area contributed by atoms with Crippen molar-refractivity contribution in [3.63, 3.8) is 0 Å². The number of nitrogens with one attached hydrogen (secondary N) is 1. The Morgan fingerprint density at radius 2 is 1.72 bits per heavy atom. The molecule has 1 amide bonds. The highest BCUT2D eigenvalue weighted by Gasteiger charge is 2.19. The third-order valence-electron chi connectivity index (χ3n) is 5.31. The molecule has 2 aromatic carbocycles. The quantitative estimate of drug-likeness (QED) is 0.451. The smallest absolute Gasteiger partial charge is 0.257 e. The van der Waals surface area contributed by atoms with E-state index in [0.717, 1.165) is 16.8 Å². The van der Waals surface area contributed by atoms with Crippen LogP contribution in [0.15, 0.2) is 85.3 Å². The van der Waals surface area contributed by atoms with E-state index in [-0.39, 0.29) is 5.91 Å². The van der Waals surface area contributed by atoms with Crippen molar-refractivity contribution < 1.29 is 4.79 Å². The summed E-state index contributed by atoms with van der Waals surface area (Å²) >= 11 is 0. The number of aryl methyl sites for hydroxylation is 1. The van der Waals surface area contributed by atoms with Crippen LogP contribution in [0.2, 0.25) is 0 Å². The number of amides is 1. The fraction of sp³-hybridized carbons (Fsp3) is 0.120. The SMILES string of the molecule is Cc1nn2cccnc2c1C(=O)NCc1cn(Cc2ccccc2)nc1-c1ccccc1. The summed E-state index contributed by atoms with van der Waals surface area (Å²) in [5.41, 5.74) is 5.66. The summed E-state index contributed by atoms with van der Waals surface area (Å²) in [6.45, 7) is 2.82. The van der Waals surface area contributed by atoms with Gasteiger partial charge in [-0.1, -0.05) is 60.7 Å². The van der Waals surface area contributed by atoms with E-state index >= 15 is 0 Å². The lowest BCUT2D eigenvalue weighted by Crippen LogP contribution is -2.23. The molecule has 0 saturated carbocycles. The molecule has 32 heavy (non-hydrogen) atoms. The summed E-state index contributed by atoms with van der Waals surface area (Å²) in [5, 5.41) is 12.2. The average Bonchev–Trinajstić information content (AvgIpc) is 3.38. The first-order valence-corrected chi connectivity index (χ1v) is 10.4. The maximum Gasteiger partial charge on any atom is 0.257 e. The Morgan fingerprint density at radius 1 is 0.969 bits per heavy atom.